The minimum absolute atomic E-state index is 0.185. The van der Waals surface area contributed by atoms with Crippen LogP contribution in [0.15, 0.2) is 12.7 Å². The van der Waals surface area contributed by atoms with Crippen molar-refractivity contribution in [3.05, 3.63) is 12.7 Å². The van der Waals surface area contributed by atoms with Gasteiger partial charge in [-0.3, -0.25) is 9.59 Å². The second-order valence-corrected chi connectivity index (χ2v) is 10.3. The maximum atomic E-state index is 12.7. The van der Waals surface area contributed by atoms with Crippen LogP contribution in [0.4, 0.5) is 0 Å². The van der Waals surface area contributed by atoms with E-state index in [2.05, 4.69) is 24.1 Å². The molecule has 200 valence electrons. The predicted octanol–water partition coefficient (Wildman–Crippen LogP) is 7.15. The van der Waals surface area contributed by atoms with Gasteiger partial charge >= 0.3 is 0 Å². The zero-order valence-electron chi connectivity index (χ0n) is 22.9. The smallest absolute Gasteiger partial charge is 0.260 e. The fraction of sp³-hybridized carbons (Fsp3) is 0.862. The second-order valence-electron chi connectivity index (χ2n) is 10.3. The normalized spacial score (nSPS) is 13.0. The molecule has 0 aromatic rings. The lowest BCUT2D eigenvalue weighted by Crippen LogP contribution is -2.68. The van der Waals surface area contributed by atoms with Crippen molar-refractivity contribution >= 4 is 11.8 Å². The summed E-state index contributed by atoms with van der Waals surface area (Å²) in [7, 11) is 0. The van der Waals surface area contributed by atoms with E-state index < -0.39 is 5.66 Å². The Morgan fingerprint density at radius 1 is 0.794 bits per heavy atom. The molecule has 0 spiro atoms. The zero-order chi connectivity index (χ0) is 25.5. The standard InChI is InChI=1S/C29H57N3O2/c1-5-7-9-10-11-12-13-14-15-16-17-18-19-20-21-23-25-31-28(34)29(30,26(3)4)32-27(33)24-22-8-6-2/h6,26H,2,5,7-25,30H2,1,3-4H3,(H,31,34)(H,32,33). The number of allylic oxidation sites excluding steroid dienone is 1. The predicted molar refractivity (Wildman–Crippen MR) is 147 cm³/mol. The third-order valence-electron chi connectivity index (χ3n) is 6.76. The fourth-order valence-electron chi connectivity index (χ4n) is 4.18. The van der Waals surface area contributed by atoms with Gasteiger partial charge in [-0.25, -0.2) is 0 Å². The van der Waals surface area contributed by atoms with Crippen molar-refractivity contribution in [1.82, 2.24) is 10.6 Å². The van der Waals surface area contributed by atoms with Gasteiger partial charge in [-0.1, -0.05) is 123 Å². The van der Waals surface area contributed by atoms with Gasteiger partial charge in [0, 0.05) is 13.0 Å². The van der Waals surface area contributed by atoms with Gasteiger partial charge in [0.15, 0.2) is 5.66 Å². The van der Waals surface area contributed by atoms with Gasteiger partial charge in [-0.05, 0) is 25.2 Å². The van der Waals surface area contributed by atoms with Crippen molar-refractivity contribution in [2.75, 3.05) is 6.54 Å². The van der Waals surface area contributed by atoms with Crippen LogP contribution in [-0.4, -0.2) is 24.0 Å². The Labute approximate surface area is 211 Å². The third kappa shape index (κ3) is 17.1. The lowest BCUT2D eigenvalue weighted by atomic mass is 9.95. The number of hydrogen-bond acceptors (Lipinski definition) is 3. The number of nitrogens with one attached hydrogen (secondary N) is 2. The van der Waals surface area contributed by atoms with Crippen LogP contribution in [0.3, 0.4) is 0 Å². The first kappa shape index (κ1) is 32.6. The van der Waals surface area contributed by atoms with Crippen molar-refractivity contribution in [2.24, 2.45) is 11.7 Å². The van der Waals surface area contributed by atoms with Gasteiger partial charge in [0.2, 0.25) is 5.91 Å². The molecule has 4 N–H and O–H groups in total. The molecule has 0 aliphatic carbocycles. The second kappa shape index (κ2) is 22.1. The van der Waals surface area contributed by atoms with Gasteiger partial charge in [-0.15, -0.1) is 6.58 Å². The van der Waals surface area contributed by atoms with Crippen molar-refractivity contribution in [1.29, 1.82) is 0 Å². The summed E-state index contributed by atoms with van der Waals surface area (Å²) >= 11 is 0. The van der Waals surface area contributed by atoms with Crippen molar-refractivity contribution in [3.8, 4) is 0 Å². The number of rotatable bonds is 24. The first-order chi connectivity index (χ1) is 16.4. The number of carbonyl (C=O) groups excluding carboxylic acids is 2. The van der Waals surface area contributed by atoms with E-state index in [0.29, 0.717) is 19.4 Å². The first-order valence-electron chi connectivity index (χ1n) is 14.4. The summed E-state index contributed by atoms with van der Waals surface area (Å²) in [5, 5.41) is 5.68. The molecular formula is C29H57N3O2. The quantitative estimate of drug-likeness (QED) is 0.0780. The van der Waals surface area contributed by atoms with Crippen LogP contribution in [-0.2, 0) is 9.59 Å². The summed E-state index contributed by atoms with van der Waals surface area (Å²) in [4.78, 5) is 24.8. The molecule has 5 nitrogen and oxygen atoms in total. The van der Waals surface area contributed by atoms with Crippen LogP contribution in [0, 0.1) is 5.92 Å². The molecule has 0 aliphatic rings. The van der Waals surface area contributed by atoms with E-state index in [1.165, 1.54) is 89.9 Å². The molecule has 34 heavy (non-hydrogen) atoms. The van der Waals surface area contributed by atoms with E-state index in [-0.39, 0.29) is 17.7 Å². The van der Waals surface area contributed by atoms with Crippen LogP contribution in [0.5, 0.6) is 0 Å². The molecule has 0 fully saturated rings. The zero-order valence-corrected chi connectivity index (χ0v) is 22.9. The Kier molecular flexibility index (Phi) is 21.2. The first-order valence-corrected chi connectivity index (χ1v) is 14.4. The monoisotopic (exact) mass is 479 g/mol. The van der Waals surface area contributed by atoms with Gasteiger partial charge in [0.25, 0.3) is 5.91 Å². The van der Waals surface area contributed by atoms with Crippen molar-refractivity contribution in [3.63, 3.8) is 0 Å². The number of hydrogen-bond donors (Lipinski definition) is 3. The Morgan fingerprint density at radius 3 is 1.65 bits per heavy atom. The summed E-state index contributed by atoms with van der Waals surface area (Å²) in [6.07, 6.45) is 24.9. The summed E-state index contributed by atoms with van der Waals surface area (Å²) in [6.45, 7) is 10.3. The largest absolute Gasteiger partial charge is 0.353 e. The molecule has 2 amide bonds. The SMILES string of the molecule is C=CCCCC(=O)NC(N)(C(=O)NCCCCCCCCCCCCCCCCCC)C(C)C. The molecule has 1 unspecified atom stereocenters. The highest BCUT2D eigenvalue weighted by Gasteiger charge is 2.38. The lowest BCUT2D eigenvalue weighted by molar-refractivity contribution is -0.135. The maximum Gasteiger partial charge on any atom is 0.260 e. The molecular weight excluding hydrogens is 422 g/mol. The highest BCUT2D eigenvalue weighted by Crippen LogP contribution is 2.14. The summed E-state index contributed by atoms with van der Waals surface area (Å²) in [5.41, 5.74) is 4.94. The highest BCUT2D eigenvalue weighted by molar-refractivity contribution is 5.91. The number of carbonyl (C=O) groups is 2. The third-order valence-corrected chi connectivity index (χ3v) is 6.76. The van der Waals surface area contributed by atoms with Crippen LogP contribution in [0.2, 0.25) is 0 Å². The minimum Gasteiger partial charge on any atom is -0.353 e. The molecule has 1 atom stereocenters. The molecule has 0 bridgehead atoms. The summed E-state index contributed by atoms with van der Waals surface area (Å²) in [5.74, 6) is -0.669. The van der Waals surface area contributed by atoms with Gasteiger partial charge in [0.05, 0.1) is 0 Å². The van der Waals surface area contributed by atoms with E-state index >= 15 is 0 Å². The van der Waals surface area contributed by atoms with E-state index in [9.17, 15) is 9.59 Å². The Morgan fingerprint density at radius 2 is 1.24 bits per heavy atom. The molecule has 0 aromatic heterocycles. The van der Waals surface area contributed by atoms with Gasteiger partial charge < -0.3 is 16.4 Å². The van der Waals surface area contributed by atoms with Crippen molar-refractivity contribution in [2.45, 2.75) is 148 Å². The van der Waals surface area contributed by atoms with Crippen LogP contribution >= 0.6 is 0 Å². The molecule has 5 heteroatoms. The lowest BCUT2D eigenvalue weighted by Gasteiger charge is -2.33. The molecule has 0 radical (unpaired) electrons. The van der Waals surface area contributed by atoms with Crippen LogP contribution in [0.1, 0.15) is 143 Å². The maximum absolute atomic E-state index is 12.7. The molecule has 0 rings (SSSR count). The fourth-order valence-corrected chi connectivity index (χ4v) is 4.18. The molecule has 0 saturated carbocycles. The van der Waals surface area contributed by atoms with E-state index in [1.807, 2.05) is 13.8 Å². The molecule has 0 aromatic carbocycles. The minimum atomic E-state index is -1.36. The van der Waals surface area contributed by atoms with Gasteiger partial charge in [-0.2, -0.15) is 0 Å². The van der Waals surface area contributed by atoms with E-state index in [0.717, 1.165) is 19.3 Å². The Hall–Kier alpha value is -1.36. The number of unbranched alkanes of at least 4 members (excludes halogenated alkanes) is 16. The average molecular weight is 480 g/mol. The average Bonchev–Trinajstić information content (AvgIpc) is 2.80. The Bertz CT molecular complexity index is 522. The number of nitrogens with two attached hydrogens (primary N) is 1. The van der Waals surface area contributed by atoms with Gasteiger partial charge in [0.1, 0.15) is 0 Å². The van der Waals surface area contributed by atoms with E-state index in [4.69, 9.17) is 5.73 Å². The van der Waals surface area contributed by atoms with Crippen molar-refractivity contribution < 1.29 is 9.59 Å². The topological polar surface area (TPSA) is 84.2 Å². The molecule has 0 aliphatic heterocycles. The van der Waals surface area contributed by atoms with E-state index in [1.54, 1.807) is 6.08 Å². The van der Waals surface area contributed by atoms with Crippen LogP contribution < -0.4 is 16.4 Å². The molecule has 0 heterocycles. The molecule has 0 saturated heterocycles. The summed E-state index contributed by atoms with van der Waals surface area (Å²) < 4.78 is 0. The Balaban J connectivity index is 3.72. The van der Waals surface area contributed by atoms with Crippen LogP contribution in [0.25, 0.3) is 0 Å². The summed E-state index contributed by atoms with van der Waals surface area (Å²) in [6, 6.07) is 0. The number of amides is 2. The highest BCUT2D eigenvalue weighted by atomic mass is 16.2.